The summed E-state index contributed by atoms with van der Waals surface area (Å²) in [6.07, 6.45) is 0. The molecule has 0 saturated heterocycles. The van der Waals surface area contributed by atoms with Gasteiger partial charge in [0.15, 0.2) is 0 Å². The van der Waals surface area contributed by atoms with Gasteiger partial charge >= 0.3 is 161 Å². The number of rotatable bonds is 8. The molecule has 6 nitrogen and oxygen atoms in total. The van der Waals surface area contributed by atoms with Gasteiger partial charge in [0.05, 0.1) is 7.11 Å². The summed E-state index contributed by atoms with van der Waals surface area (Å²) in [5, 5.41) is 8.08. The van der Waals surface area contributed by atoms with Crippen LogP contribution in [0.5, 0.6) is 0 Å². The van der Waals surface area contributed by atoms with E-state index in [4.69, 9.17) is 14.4 Å². The van der Waals surface area contributed by atoms with E-state index in [0.29, 0.717) is 5.56 Å². The molecular weight excluding hydrogens is 429 g/mol. The van der Waals surface area contributed by atoms with Crippen molar-refractivity contribution in [2.75, 3.05) is 14.2 Å². The molecule has 0 unspecified atom stereocenters. The Morgan fingerprint density at radius 2 is 1.72 bits per heavy atom. The predicted molar refractivity (Wildman–Crippen MR) is 118 cm³/mol. The standard InChI is InChI=1S/C22H28GeN2O4/c1-16(17-11-9-12-19(14-17)23(2,3)4)24-29-15-18-10-7-8-13-20(18)21(25-28-6)22(26)27-5/h7-14H,15H2,1-6H3. The molecule has 0 aliphatic carbocycles. The van der Waals surface area contributed by atoms with Gasteiger partial charge in [0.2, 0.25) is 0 Å². The van der Waals surface area contributed by atoms with Crippen LogP contribution in [0.4, 0.5) is 0 Å². The van der Waals surface area contributed by atoms with Crippen LogP contribution < -0.4 is 4.40 Å². The summed E-state index contributed by atoms with van der Waals surface area (Å²) >= 11 is -1.91. The third kappa shape index (κ3) is 6.19. The van der Waals surface area contributed by atoms with Crippen molar-refractivity contribution >= 4 is 35.1 Å². The number of benzene rings is 2. The van der Waals surface area contributed by atoms with Gasteiger partial charge in [-0.3, -0.25) is 0 Å². The van der Waals surface area contributed by atoms with Gasteiger partial charge in [-0.1, -0.05) is 0 Å². The second-order valence-electron chi connectivity index (χ2n) is 7.55. The van der Waals surface area contributed by atoms with Gasteiger partial charge in [0, 0.05) is 0 Å². The minimum atomic E-state index is -1.91. The van der Waals surface area contributed by atoms with Crippen LogP contribution in [-0.4, -0.2) is 44.9 Å². The van der Waals surface area contributed by atoms with Crippen LogP contribution in [0.15, 0.2) is 58.8 Å². The zero-order valence-electron chi connectivity index (χ0n) is 17.9. The normalized spacial score (nSPS) is 12.5. The van der Waals surface area contributed by atoms with Crippen molar-refractivity contribution < 1.29 is 19.2 Å². The second kappa shape index (κ2) is 10.3. The van der Waals surface area contributed by atoms with Crippen molar-refractivity contribution in [3.63, 3.8) is 0 Å². The van der Waals surface area contributed by atoms with Crippen LogP contribution in [0.2, 0.25) is 17.3 Å². The van der Waals surface area contributed by atoms with E-state index in [1.807, 2.05) is 31.2 Å². The third-order valence-corrected chi connectivity index (χ3v) is 8.69. The van der Waals surface area contributed by atoms with Crippen LogP contribution in [0.25, 0.3) is 0 Å². The molecule has 0 radical (unpaired) electrons. The van der Waals surface area contributed by atoms with Crippen molar-refractivity contribution in [2.24, 2.45) is 10.3 Å². The zero-order valence-corrected chi connectivity index (χ0v) is 20.0. The second-order valence-corrected chi connectivity index (χ2v) is 18.2. The first-order valence-electron chi connectivity index (χ1n) is 9.33. The maximum absolute atomic E-state index is 12.0. The Hall–Kier alpha value is -2.61. The molecule has 0 bridgehead atoms. The Balaban J connectivity index is 2.21. The van der Waals surface area contributed by atoms with E-state index in [9.17, 15) is 4.79 Å². The van der Waals surface area contributed by atoms with Gasteiger partial charge in [0.1, 0.15) is 7.11 Å². The Labute approximate surface area is 174 Å². The first-order chi connectivity index (χ1) is 13.8. The number of hydrogen-bond acceptors (Lipinski definition) is 6. The van der Waals surface area contributed by atoms with E-state index in [1.54, 1.807) is 6.07 Å². The topological polar surface area (TPSA) is 69.5 Å². The van der Waals surface area contributed by atoms with E-state index < -0.39 is 19.2 Å². The van der Waals surface area contributed by atoms with Gasteiger partial charge in [0.25, 0.3) is 0 Å². The molecule has 0 amide bonds. The number of hydrogen-bond donors (Lipinski definition) is 0. The Morgan fingerprint density at radius 1 is 1.00 bits per heavy atom. The third-order valence-electron chi connectivity index (χ3n) is 4.40. The molecule has 7 heteroatoms. The maximum atomic E-state index is 12.0. The summed E-state index contributed by atoms with van der Waals surface area (Å²) in [5.41, 5.74) is 3.27. The van der Waals surface area contributed by atoms with Crippen LogP contribution in [-0.2, 0) is 25.8 Å². The Kier molecular flexibility index (Phi) is 8.02. The molecule has 0 heterocycles. The van der Waals surface area contributed by atoms with Gasteiger partial charge in [-0.15, -0.1) is 0 Å². The molecule has 0 saturated carbocycles. The number of nitrogens with zero attached hydrogens (tertiary/aromatic N) is 2. The fraction of sp³-hybridized carbons (Fsp3) is 0.318. The monoisotopic (exact) mass is 458 g/mol. The van der Waals surface area contributed by atoms with Crippen LogP contribution in [0, 0.1) is 0 Å². The summed E-state index contributed by atoms with van der Waals surface area (Å²) in [4.78, 5) is 22.4. The molecule has 0 fully saturated rings. The fourth-order valence-corrected chi connectivity index (χ4v) is 5.21. The first kappa shape index (κ1) is 22.7. The quantitative estimate of drug-likeness (QED) is 0.263. The minimum absolute atomic E-state index is 0.0828. The number of carbonyl (C=O) groups excluding carboxylic acids is 1. The van der Waals surface area contributed by atoms with Crippen molar-refractivity contribution in [3.05, 3.63) is 65.2 Å². The van der Waals surface area contributed by atoms with Gasteiger partial charge < -0.3 is 0 Å². The van der Waals surface area contributed by atoms with E-state index in [-0.39, 0.29) is 12.3 Å². The zero-order chi connectivity index (χ0) is 21.4. The molecule has 2 aromatic rings. The summed E-state index contributed by atoms with van der Waals surface area (Å²) in [5.74, 6) is 6.50. The Bertz CT molecular complexity index is 917. The average molecular weight is 457 g/mol. The van der Waals surface area contributed by atoms with Crippen LogP contribution in [0.3, 0.4) is 0 Å². The fourth-order valence-electron chi connectivity index (χ4n) is 2.72. The molecule has 0 aliphatic heterocycles. The number of oxime groups is 2. The number of methoxy groups -OCH3 is 1. The number of ether oxygens (including phenoxy) is 1. The molecule has 2 rings (SSSR count). The van der Waals surface area contributed by atoms with E-state index in [1.165, 1.54) is 18.6 Å². The molecule has 0 aromatic heterocycles. The average Bonchev–Trinajstić information content (AvgIpc) is 2.71. The van der Waals surface area contributed by atoms with Crippen molar-refractivity contribution in [1.82, 2.24) is 0 Å². The van der Waals surface area contributed by atoms with Crippen LogP contribution in [0.1, 0.15) is 23.6 Å². The molecule has 154 valence electrons. The van der Waals surface area contributed by atoms with Gasteiger partial charge in [-0.2, -0.15) is 0 Å². The summed E-state index contributed by atoms with van der Waals surface area (Å²) in [6.45, 7) is 2.11. The molecule has 0 N–H and O–H groups in total. The van der Waals surface area contributed by atoms with Crippen LogP contribution >= 0.6 is 0 Å². The van der Waals surface area contributed by atoms with Gasteiger partial charge in [-0.25, -0.2) is 0 Å². The molecule has 0 atom stereocenters. The van der Waals surface area contributed by atoms with Crippen molar-refractivity contribution in [2.45, 2.75) is 30.8 Å². The summed E-state index contributed by atoms with van der Waals surface area (Å²) in [6, 6.07) is 15.8. The molecule has 0 spiro atoms. The summed E-state index contributed by atoms with van der Waals surface area (Å²) < 4.78 is 6.22. The van der Waals surface area contributed by atoms with E-state index >= 15 is 0 Å². The Morgan fingerprint density at radius 3 is 2.38 bits per heavy atom. The first-order valence-corrected chi connectivity index (χ1v) is 16.7. The summed E-state index contributed by atoms with van der Waals surface area (Å²) in [7, 11) is 2.68. The molecule has 2 aromatic carbocycles. The van der Waals surface area contributed by atoms with E-state index in [2.05, 4.69) is 45.8 Å². The number of esters is 1. The van der Waals surface area contributed by atoms with Crippen molar-refractivity contribution in [3.8, 4) is 0 Å². The molecule has 0 aliphatic rings. The van der Waals surface area contributed by atoms with E-state index in [0.717, 1.165) is 16.8 Å². The SMILES string of the molecule is CON=C(C(=O)OC)c1ccccc1CON=C(C)c1ccc[c]([Ge]([CH3])([CH3])[CH3])c1. The number of carbonyl (C=O) groups is 1. The van der Waals surface area contributed by atoms with Gasteiger partial charge in [-0.05, 0) is 0 Å². The van der Waals surface area contributed by atoms with Crippen molar-refractivity contribution in [1.29, 1.82) is 0 Å². The molecular formula is C22H28GeN2O4. The predicted octanol–water partition coefficient (Wildman–Crippen LogP) is 3.70. The molecule has 29 heavy (non-hydrogen) atoms.